The van der Waals surface area contributed by atoms with Crippen LogP contribution in [0.5, 0.6) is 5.75 Å². The summed E-state index contributed by atoms with van der Waals surface area (Å²) in [6.07, 6.45) is 1.77. The van der Waals surface area contributed by atoms with Crippen LogP contribution < -0.4 is 16.0 Å². The van der Waals surface area contributed by atoms with Gasteiger partial charge in [0.15, 0.2) is 11.6 Å². The molecule has 9 nitrogen and oxygen atoms in total. The monoisotopic (exact) mass is 497 g/mol. The molecule has 0 bridgehead atoms. The fraction of sp³-hybridized carbons (Fsp3) is 0.519. The Bertz CT molecular complexity index is 1200. The molecule has 0 radical (unpaired) electrons. The standard InChI is InChI=1S/C27H35N3O6/c1-12(2)5-6-29-11-15-9-17(30(3)4)16-8-13-7-14-10-18(31)22(27(28)36)26(35)20(14)24(33)19(13)25(34)21(16)23(15)32/h9,12-14,20,29,31-33H,5-8,10-11H2,1-4H3,(H2,28,36). The third-order valence-electron chi connectivity index (χ3n) is 7.64. The molecule has 4 rings (SSSR count). The molecule has 0 saturated heterocycles. The Morgan fingerprint density at radius 3 is 2.50 bits per heavy atom. The quantitative estimate of drug-likeness (QED) is 0.285. The first kappa shape index (κ1) is 25.8. The first-order valence-corrected chi connectivity index (χ1v) is 12.4. The number of primary amides is 1. The molecule has 0 aliphatic heterocycles. The van der Waals surface area contributed by atoms with E-state index in [1.807, 2.05) is 25.1 Å². The predicted octanol–water partition coefficient (Wildman–Crippen LogP) is 2.67. The van der Waals surface area contributed by atoms with E-state index in [9.17, 15) is 29.7 Å². The van der Waals surface area contributed by atoms with Crippen LogP contribution in [0.2, 0.25) is 0 Å². The first-order valence-electron chi connectivity index (χ1n) is 12.4. The molecule has 194 valence electrons. The van der Waals surface area contributed by atoms with E-state index in [4.69, 9.17) is 5.73 Å². The number of carbonyl (C=O) groups is 3. The number of aliphatic hydroxyl groups is 2. The van der Waals surface area contributed by atoms with Gasteiger partial charge in [0.2, 0.25) is 0 Å². The van der Waals surface area contributed by atoms with E-state index in [0.717, 1.165) is 18.7 Å². The SMILES string of the molecule is CC(C)CCNCc1cc(N(C)C)c2c(c1O)C(=O)C1=C(O)C3C(=O)C(C(N)=O)=C(O)CC3CC1C2. The Morgan fingerprint density at radius 1 is 1.19 bits per heavy atom. The lowest BCUT2D eigenvalue weighted by Gasteiger charge is -2.41. The van der Waals surface area contributed by atoms with Gasteiger partial charge < -0.3 is 31.3 Å². The number of benzene rings is 1. The summed E-state index contributed by atoms with van der Waals surface area (Å²) in [6, 6.07) is 1.89. The molecule has 0 spiro atoms. The number of phenolic OH excluding ortho intramolecular Hbond substituents is 1. The van der Waals surface area contributed by atoms with Crippen molar-refractivity contribution in [2.45, 2.75) is 46.1 Å². The van der Waals surface area contributed by atoms with Crippen LogP contribution in [0.1, 0.15) is 54.6 Å². The van der Waals surface area contributed by atoms with Crippen molar-refractivity contribution < 1.29 is 29.7 Å². The number of carbonyl (C=O) groups excluding carboxylic acids is 3. The predicted molar refractivity (Wildman–Crippen MR) is 135 cm³/mol. The van der Waals surface area contributed by atoms with Crippen molar-refractivity contribution in [3.8, 4) is 5.75 Å². The zero-order valence-corrected chi connectivity index (χ0v) is 21.2. The molecule has 36 heavy (non-hydrogen) atoms. The molecule has 3 unspecified atom stereocenters. The largest absolute Gasteiger partial charge is 0.511 e. The fourth-order valence-corrected chi connectivity index (χ4v) is 5.89. The maximum atomic E-state index is 13.8. The van der Waals surface area contributed by atoms with Crippen molar-refractivity contribution in [1.29, 1.82) is 0 Å². The summed E-state index contributed by atoms with van der Waals surface area (Å²) in [5, 5.41) is 36.0. The van der Waals surface area contributed by atoms with Crippen LogP contribution in [0.3, 0.4) is 0 Å². The molecule has 0 saturated carbocycles. The second-order valence-electron chi connectivity index (χ2n) is 10.8. The average Bonchev–Trinajstić information content (AvgIpc) is 2.76. The molecule has 3 aliphatic carbocycles. The third-order valence-corrected chi connectivity index (χ3v) is 7.64. The van der Waals surface area contributed by atoms with Crippen molar-refractivity contribution >= 4 is 23.2 Å². The average molecular weight is 498 g/mol. The molecule has 9 heteroatoms. The Kier molecular flexibility index (Phi) is 6.88. The Balaban J connectivity index is 1.77. The molecule has 0 fully saturated rings. The van der Waals surface area contributed by atoms with Gasteiger partial charge in [-0.05, 0) is 55.2 Å². The summed E-state index contributed by atoms with van der Waals surface area (Å²) in [7, 11) is 3.75. The molecular weight excluding hydrogens is 462 g/mol. The number of hydrogen-bond donors (Lipinski definition) is 5. The summed E-state index contributed by atoms with van der Waals surface area (Å²) in [5.74, 6) is -4.61. The van der Waals surface area contributed by atoms with Gasteiger partial charge in [0, 0.05) is 43.9 Å². The highest BCUT2D eigenvalue weighted by atomic mass is 16.3. The van der Waals surface area contributed by atoms with Gasteiger partial charge in [-0.25, -0.2) is 0 Å². The van der Waals surface area contributed by atoms with E-state index in [2.05, 4.69) is 19.2 Å². The minimum atomic E-state index is -1.11. The van der Waals surface area contributed by atoms with Crippen LogP contribution in [-0.4, -0.2) is 53.4 Å². The third kappa shape index (κ3) is 4.25. The zero-order chi connectivity index (χ0) is 26.5. The molecule has 1 amide bonds. The number of phenols is 1. The van der Waals surface area contributed by atoms with Gasteiger partial charge in [-0.1, -0.05) is 13.8 Å². The Hall–Kier alpha value is -3.33. The summed E-state index contributed by atoms with van der Waals surface area (Å²) in [5.41, 5.74) is 7.14. The number of nitrogens with two attached hydrogens (primary N) is 1. The summed E-state index contributed by atoms with van der Waals surface area (Å²) < 4.78 is 0. The first-order chi connectivity index (χ1) is 16.9. The van der Waals surface area contributed by atoms with Crippen molar-refractivity contribution in [3.63, 3.8) is 0 Å². The van der Waals surface area contributed by atoms with Crippen molar-refractivity contribution in [3.05, 3.63) is 45.4 Å². The smallest absolute Gasteiger partial charge is 0.255 e. The van der Waals surface area contributed by atoms with Crippen LogP contribution in [0.15, 0.2) is 28.7 Å². The van der Waals surface area contributed by atoms with Crippen LogP contribution in [-0.2, 0) is 22.6 Å². The van der Waals surface area contributed by atoms with E-state index in [-0.39, 0.29) is 40.7 Å². The number of nitrogens with one attached hydrogen (secondary N) is 1. The maximum absolute atomic E-state index is 13.8. The molecule has 0 aromatic heterocycles. The second-order valence-corrected chi connectivity index (χ2v) is 10.8. The summed E-state index contributed by atoms with van der Waals surface area (Å²) >= 11 is 0. The molecule has 1 aromatic rings. The highest BCUT2D eigenvalue weighted by Crippen LogP contribution is 2.51. The van der Waals surface area contributed by atoms with E-state index in [1.54, 1.807) is 0 Å². The lowest BCUT2D eigenvalue weighted by atomic mass is 9.62. The number of amides is 1. The number of fused-ring (bicyclic) bond motifs is 3. The molecular formula is C27H35N3O6. The number of Topliss-reactive ketones (excluding diaryl/α,β-unsaturated/α-hetero) is 2. The van der Waals surface area contributed by atoms with Crippen LogP contribution in [0, 0.1) is 23.7 Å². The van der Waals surface area contributed by atoms with Crippen molar-refractivity contribution in [2.75, 3.05) is 25.5 Å². The van der Waals surface area contributed by atoms with Crippen molar-refractivity contribution in [2.24, 2.45) is 29.4 Å². The molecule has 3 atom stereocenters. The van der Waals surface area contributed by atoms with Crippen LogP contribution in [0.25, 0.3) is 0 Å². The molecule has 1 aromatic carbocycles. The lowest BCUT2D eigenvalue weighted by molar-refractivity contribution is -0.126. The summed E-state index contributed by atoms with van der Waals surface area (Å²) in [6.45, 7) is 5.41. The molecule has 6 N–H and O–H groups in total. The number of aliphatic hydroxyl groups excluding tert-OH is 2. The van der Waals surface area contributed by atoms with Crippen molar-refractivity contribution in [1.82, 2.24) is 5.32 Å². The molecule has 0 heterocycles. The van der Waals surface area contributed by atoms with Gasteiger partial charge in [0.05, 0.1) is 11.5 Å². The van der Waals surface area contributed by atoms with Gasteiger partial charge in [0.25, 0.3) is 5.91 Å². The van der Waals surface area contributed by atoms with Gasteiger partial charge >= 0.3 is 0 Å². The number of hydrogen-bond acceptors (Lipinski definition) is 8. The zero-order valence-electron chi connectivity index (χ0n) is 21.2. The van der Waals surface area contributed by atoms with Gasteiger partial charge in [-0.15, -0.1) is 0 Å². The number of rotatable bonds is 7. The number of allylic oxidation sites excluding steroid dienone is 3. The Labute approximate surface area is 210 Å². The number of anilines is 1. The van der Waals surface area contributed by atoms with Gasteiger partial charge in [0.1, 0.15) is 22.8 Å². The Morgan fingerprint density at radius 2 is 1.89 bits per heavy atom. The van der Waals surface area contributed by atoms with E-state index in [0.29, 0.717) is 36.4 Å². The van der Waals surface area contributed by atoms with E-state index < -0.39 is 34.9 Å². The topological polar surface area (TPSA) is 153 Å². The normalized spacial score (nSPS) is 23.5. The minimum Gasteiger partial charge on any atom is -0.511 e. The number of nitrogens with zero attached hydrogens (tertiary/aromatic N) is 1. The molecule has 3 aliphatic rings. The van der Waals surface area contributed by atoms with Gasteiger partial charge in [-0.2, -0.15) is 0 Å². The summed E-state index contributed by atoms with van der Waals surface area (Å²) in [4.78, 5) is 40.5. The van der Waals surface area contributed by atoms with Gasteiger partial charge in [-0.3, -0.25) is 14.4 Å². The highest BCUT2D eigenvalue weighted by Gasteiger charge is 2.50. The van der Waals surface area contributed by atoms with E-state index in [1.165, 1.54) is 0 Å². The lowest BCUT2D eigenvalue weighted by Crippen LogP contribution is -2.43. The maximum Gasteiger partial charge on any atom is 0.255 e. The number of ketones is 2. The second kappa shape index (κ2) is 9.61. The van der Waals surface area contributed by atoms with Crippen LogP contribution in [0.4, 0.5) is 5.69 Å². The van der Waals surface area contributed by atoms with Crippen LogP contribution >= 0.6 is 0 Å². The highest BCUT2D eigenvalue weighted by molar-refractivity contribution is 6.22. The fourth-order valence-electron chi connectivity index (χ4n) is 5.89. The van der Waals surface area contributed by atoms with E-state index >= 15 is 0 Å². The minimum absolute atomic E-state index is 0.0241. The number of aromatic hydroxyl groups is 1.